The Labute approximate surface area is 127 Å². The van der Waals surface area contributed by atoms with Crippen LogP contribution >= 0.6 is 0 Å². The summed E-state index contributed by atoms with van der Waals surface area (Å²) in [5.74, 6) is 0. The minimum atomic E-state index is -0.0720. The van der Waals surface area contributed by atoms with Crippen LogP contribution in [-0.4, -0.2) is 56.7 Å². The van der Waals surface area contributed by atoms with Crippen molar-refractivity contribution in [2.24, 2.45) is 0 Å². The predicted molar refractivity (Wildman–Crippen MR) is 85.6 cm³/mol. The van der Waals surface area contributed by atoms with Crippen molar-refractivity contribution < 1.29 is 4.79 Å². The summed E-state index contributed by atoms with van der Waals surface area (Å²) in [6.45, 7) is 8.60. The van der Waals surface area contributed by atoms with E-state index in [0.29, 0.717) is 13.1 Å². The minimum absolute atomic E-state index is 0.0720. The number of hydrogen-bond donors (Lipinski definition) is 3. The number of hydrogen-bond acceptors (Lipinski definition) is 3. The molecule has 2 amide bonds. The first-order valence-electron chi connectivity index (χ1n) is 7.74. The van der Waals surface area contributed by atoms with Gasteiger partial charge in [-0.25, -0.2) is 4.79 Å². The van der Waals surface area contributed by atoms with E-state index in [9.17, 15) is 4.79 Å². The zero-order chi connectivity index (χ0) is 14.9. The molecule has 0 aromatic heterocycles. The zero-order valence-electron chi connectivity index (χ0n) is 12.8. The van der Waals surface area contributed by atoms with Gasteiger partial charge in [0.2, 0.25) is 0 Å². The molecule has 1 aliphatic rings. The van der Waals surface area contributed by atoms with Crippen molar-refractivity contribution >= 4 is 6.03 Å². The first-order valence-corrected chi connectivity index (χ1v) is 7.74. The molecular weight excluding hydrogens is 264 g/mol. The number of carbonyl (C=O) groups is 1. The van der Waals surface area contributed by atoms with Crippen LogP contribution in [0.4, 0.5) is 4.79 Å². The Kier molecular flexibility index (Phi) is 6.50. The maximum atomic E-state index is 11.7. The summed E-state index contributed by atoms with van der Waals surface area (Å²) in [6, 6.07) is 8.35. The van der Waals surface area contributed by atoms with Crippen LogP contribution in [0, 0.1) is 6.92 Å². The molecule has 0 spiro atoms. The molecule has 21 heavy (non-hydrogen) atoms. The van der Waals surface area contributed by atoms with Gasteiger partial charge in [0, 0.05) is 45.8 Å². The Morgan fingerprint density at radius 1 is 1.14 bits per heavy atom. The van der Waals surface area contributed by atoms with Gasteiger partial charge >= 0.3 is 6.03 Å². The summed E-state index contributed by atoms with van der Waals surface area (Å²) in [4.78, 5) is 14.0. The Morgan fingerprint density at radius 2 is 1.81 bits per heavy atom. The minimum Gasteiger partial charge on any atom is -0.338 e. The number of rotatable bonds is 6. The SMILES string of the molecule is Cc1ccc(CCNC(=O)NCCN2CCNCC2)cc1. The topological polar surface area (TPSA) is 56.4 Å². The molecule has 1 aromatic rings. The highest BCUT2D eigenvalue weighted by Crippen LogP contribution is 2.02. The summed E-state index contributed by atoms with van der Waals surface area (Å²) in [5.41, 5.74) is 2.51. The molecule has 0 atom stereocenters. The smallest absolute Gasteiger partial charge is 0.314 e. The van der Waals surface area contributed by atoms with Crippen molar-refractivity contribution in [2.45, 2.75) is 13.3 Å². The third kappa shape index (κ3) is 6.14. The lowest BCUT2D eigenvalue weighted by Crippen LogP contribution is -2.47. The monoisotopic (exact) mass is 290 g/mol. The zero-order valence-corrected chi connectivity index (χ0v) is 12.8. The van der Waals surface area contributed by atoms with Gasteiger partial charge in [0.25, 0.3) is 0 Å². The maximum absolute atomic E-state index is 11.7. The van der Waals surface area contributed by atoms with Gasteiger partial charge in [-0.2, -0.15) is 0 Å². The molecule has 1 fully saturated rings. The number of aryl methyl sites for hydroxylation is 1. The van der Waals surface area contributed by atoms with Gasteiger partial charge in [0.15, 0.2) is 0 Å². The van der Waals surface area contributed by atoms with E-state index in [1.807, 2.05) is 0 Å². The lowest BCUT2D eigenvalue weighted by atomic mass is 10.1. The summed E-state index contributed by atoms with van der Waals surface area (Å²) in [5, 5.41) is 9.14. The molecule has 0 aliphatic carbocycles. The molecule has 3 N–H and O–H groups in total. The summed E-state index contributed by atoms with van der Waals surface area (Å²) < 4.78 is 0. The predicted octanol–water partition coefficient (Wildman–Crippen LogP) is 0.742. The Bertz CT molecular complexity index is 426. The van der Waals surface area contributed by atoms with Gasteiger partial charge in [-0.15, -0.1) is 0 Å². The number of carbonyl (C=O) groups excluding carboxylic acids is 1. The molecule has 0 unspecified atom stereocenters. The quantitative estimate of drug-likeness (QED) is 0.724. The van der Waals surface area contributed by atoms with E-state index in [1.54, 1.807) is 0 Å². The van der Waals surface area contributed by atoms with Crippen molar-refractivity contribution in [3.63, 3.8) is 0 Å². The third-order valence-electron chi connectivity index (χ3n) is 3.74. The molecule has 5 nitrogen and oxygen atoms in total. The van der Waals surface area contributed by atoms with E-state index >= 15 is 0 Å². The molecule has 116 valence electrons. The van der Waals surface area contributed by atoms with Crippen molar-refractivity contribution in [3.05, 3.63) is 35.4 Å². The van der Waals surface area contributed by atoms with Crippen molar-refractivity contribution in [1.82, 2.24) is 20.9 Å². The third-order valence-corrected chi connectivity index (χ3v) is 3.74. The Morgan fingerprint density at radius 3 is 2.52 bits per heavy atom. The van der Waals surface area contributed by atoms with Gasteiger partial charge in [-0.3, -0.25) is 4.90 Å². The maximum Gasteiger partial charge on any atom is 0.314 e. The molecule has 1 heterocycles. The van der Waals surface area contributed by atoms with Gasteiger partial charge in [0.05, 0.1) is 0 Å². The fourth-order valence-electron chi connectivity index (χ4n) is 2.40. The Balaban J connectivity index is 1.54. The lowest BCUT2D eigenvalue weighted by molar-refractivity contribution is 0.227. The molecule has 0 saturated carbocycles. The van der Waals surface area contributed by atoms with Crippen LogP contribution < -0.4 is 16.0 Å². The van der Waals surface area contributed by atoms with Gasteiger partial charge in [-0.1, -0.05) is 29.8 Å². The fraction of sp³-hybridized carbons (Fsp3) is 0.562. The lowest BCUT2D eigenvalue weighted by Gasteiger charge is -2.27. The molecule has 0 radical (unpaired) electrons. The number of nitrogens with one attached hydrogen (secondary N) is 3. The highest BCUT2D eigenvalue weighted by Gasteiger charge is 2.09. The molecule has 1 aliphatic heterocycles. The first-order chi connectivity index (χ1) is 10.2. The number of nitrogens with zero attached hydrogens (tertiary/aromatic N) is 1. The highest BCUT2D eigenvalue weighted by atomic mass is 16.2. The van der Waals surface area contributed by atoms with Crippen LogP contribution in [0.1, 0.15) is 11.1 Å². The van der Waals surface area contributed by atoms with Crippen molar-refractivity contribution in [3.8, 4) is 0 Å². The molecule has 1 aromatic carbocycles. The van der Waals surface area contributed by atoms with Crippen molar-refractivity contribution in [2.75, 3.05) is 45.8 Å². The summed E-state index contributed by atoms with van der Waals surface area (Å²) >= 11 is 0. The summed E-state index contributed by atoms with van der Waals surface area (Å²) in [7, 11) is 0. The molecule has 5 heteroatoms. The van der Waals surface area contributed by atoms with E-state index in [1.165, 1.54) is 11.1 Å². The second-order valence-corrected chi connectivity index (χ2v) is 5.51. The summed E-state index contributed by atoms with van der Waals surface area (Å²) in [6.07, 6.45) is 0.867. The average molecular weight is 290 g/mol. The van der Waals surface area contributed by atoms with Crippen LogP contribution in [0.3, 0.4) is 0 Å². The van der Waals surface area contributed by atoms with Gasteiger partial charge in [0.1, 0.15) is 0 Å². The van der Waals surface area contributed by atoms with Crippen LogP contribution in [0.2, 0.25) is 0 Å². The van der Waals surface area contributed by atoms with E-state index < -0.39 is 0 Å². The van der Waals surface area contributed by atoms with Crippen LogP contribution in [0.25, 0.3) is 0 Å². The molecule has 2 rings (SSSR count). The molecular formula is C16H26N4O. The first kappa shape index (κ1) is 15.8. The number of benzene rings is 1. The number of piperazine rings is 1. The molecule has 0 bridgehead atoms. The van der Waals surface area contributed by atoms with E-state index in [2.05, 4.69) is 52.0 Å². The van der Waals surface area contributed by atoms with Crippen LogP contribution in [-0.2, 0) is 6.42 Å². The molecule has 1 saturated heterocycles. The van der Waals surface area contributed by atoms with E-state index in [-0.39, 0.29) is 6.03 Å². The average Bonchev–Trinajstić information content (AvgIpc) is 2.50. The van der Waals surface area contributed by atoms with Gasteiger partial charge < -0.3 is 16.0 Å². The van der Waals surface area contributed by atoms with Gasteiger partial charge in [-0.05, 0) is 18.9 Å². The second kappa shape index (κ2) is 8.64. The van der Waals surface area contributed by atoms with E-state index in [4.69, 9.17) is 0 Å². The van der Waals surface area contributed by atoms with Crippen molar-refractivity contribution in [1.29, 1.82) is 0 Å². The van der Waals surface area contributed by atoms with E-state index in [0.717, 1.165) is 39.1 Å². The Hall–Kier alpha value is -1.59. The second-order valence-electron chi connectivity index (χ2n) is 5.51. The standard InChI is InChI=1S/C16H26N4O/c1-14-2-4-15(5-3-14)6-7-18-16(21)19-10-13-20-11-8-17-9-12-20/h2-5,17H,6-13H2,1H3,(H2,18,19,21). The normalized spacial score (nSPS) is 15.7. The largest absolute Gasteiger partial charge is 0.338 e. The highest BCUT2D eigenvalue weighted by molar-refractivity contribution is 5.73. The fourth-order valence-corrected chi connectivity index (χ4v) is 2.40. The number of urea groups is 1. The van der Waals surface area contributed by atoms with Crippen LogP contribution in [0.15, 0.2) is 24.3 Å². The van der Waals surface area contributed by atoms with Crippen LogP contribution in [0.5, 0.6) is 0 Å². The number of amides is 2.